The van der Waals surface area contributed by atoms with Crippen molar-refractivity contribution >= 4 is 40.4 Å². The van der Waals surface area contributed by atoms with Crippen LogP contribution in [0.2, 0.25) is 0 Å². The predicted octanol–water partition coefficient (Wildman–Crippen LogP) is 3.21. The molecule has 1 fully saturated rings. The van der Waals surface area contributed by atoms with E-state index < -0.39 is 65.6 Å². The number of alkyl halides is 3. The quantitative estimate of drug-likeness (QED) is 0.200. The molecule has 4 rings (SSSR count). The summed E-state index contributed by atoms with van der Waals surface area (Å²) in [5.74, 6) is -4.11. The average Bonchev–Trinajstić information content (AvgIpc) is 3.60. The van der Waals surface area contributed by atoms with Gasteiger partial charge in [0.25, 0.3) is 5.91 Å². The van der Waals surface area contributed by atoms with Crippen LogP contribution in [0.4, 0.5) is 13.2 Å². The molecule has 0 saturated carbocycles. The molecule has 1 saturated heterocycles. The Balaban J connectivity index is 1.53. The number of nitrogens with one attached hydrogen (secondary N) is 4. The number of benzene rings is 1. The molecule has 1 aromatic carbocycles. The average molecular weight is 677 g/mol. The van der Waals surface area contributed by atoms with E-state index in [1.54, 1.807) is 24.3 Å². The molecule has 13 nitrogen and oxygen atoms in total. The second kappa shape index (κ2) is 14.9. The predicted molar refractivity (Wildman–Crippen MR) is 166 cm³/mol. The first kappa shape index (κ1) is 36.0. The minimum absolute atomic E-state index is 0.0753. The van der Waals surface area contributed by atoms with E-state index in [0.29, 0.717) is 36.0 Å². The highest BCUT2D eigenvalue weighted by atomic mass is 19.4. The van der Waals surface area contributed by atoms with Crippen molar-refractivity contribution in [1.82, 2.24) is 30.7 Å². The molecule has 0 radical (unpaired) electrons. The normalized spacial score (nSPS) is 16.3. The van der Waals surface area contributed by atoms with Gasteiger partial charge in [0.1, 0.15) is 23.0 Å². The lowest BCUT2D eigenvalue weighted by molar-refractivity contribution is -0.142. The first-order valence-electron chi connectivity index (χ1n) is 15.5. The monoisotopic (exact) mass is 676 g/mol. The van der Waals surface area contributed by atoms with Crippen molar-refractivity contribution in [3.05, 3.63) is 46.9 Å². The van der Waals surface area contributed by atoms with Gasteiger partial charge < -0.3 is 30.4 Å². The maximum absolute atomic E-state index is 13.7. The number of carbonyl (C=O) groups is 5. The molecule has 48 heavy (non-hydrogen) atoms. The Morgan fingerprint density at radius 1 is 1.15 bits per heavy atom. The van der Waals surface area contributed by atoms with Gasteiger partial charge in [-0.15, -0.1) is 0 Å². The van der Waals surface area contributed by atoms with Crippen LogP contribution in [0.15, 0.2) is 24.3 Å². The van der Waals surface area contributed by atoms with Crippen LogP contribution in [0.1, 0.15) is 71.8 Å². The molecule has 0 spiro atoms. The molecule has 260 valence electrons. The van der Waals surface area contributed by atoms with Crippen LogP contribution < -0.4 is 20.7 Å². The zero-order valence-electron chi connectivity index (χ0n) is 27.2. The van der Waals surface area contributed by atoms with E-state index in [4.69, 9.17) is 9.47 Å². The van der Waals surface area contributed by atoms with Gasteiger partial charge in [-0.05, 0) is 56.7 Å². The summed E-state index contributed by atoms with van der Waals surface area (Å²) in [6.07, 6.45) is -3.88. The lowest BCUT2D eigenvalue weighted by atomic mass is 9.90. The second-order valence-corrected chi connectivity index (χ2v) is 12.2. The SMILES string of the molecule is COc1cccc2[nH]c(C(=O)N[C@@H](CC(C)C)C(=O)N[C@@H](C[C@@H]3CCCNC3=O)C(=O)COC(=O)c3c(C(F)(F)F)nn(C)c3C)cc12. The van der Waals surface area contributed by atoms with E-state index in [0.717, 1.165) is 4.68 Å². The Morgan fingerprint density at radius 2 is 1.88 bits per heavy atom. The second-order valence-electron chi connectivity index (χ2n) is 12.2. The number of ketones is 1. The summed E-state index contributed by atoms with van der Waals surface area (Å²) in [7, 11) is 2.73. The minimum atomic E-state index is -4.95. The number of aromatic amines is 1. The van der Waals surface area contributed by atoms with Crippen molar-refractivity contribution in [2.75, 3.05) is 20.3 Å². The molecule has 4 N–H and O–H groups in total. The van der Waals surface area contributed by atoms with Crippen LogP contribution in [-0.4, -0.2) is 76.6 Å². The van der Waals surface area contributed by atoms with Gasteiger partial charge in [-0.2, -0.15) is 18.3 Å². The van der Waals surface area contributed by atoms with Gasteiger partial charge in [0, 0.05) is 30.4 Å². The molecule has 3 amide bonds. The Labute approximate surface area is 274 Å². The molecule has 16 heteroatoms. The maximum Gasteiger partial charge on any atom is 0.436 e. The smallest absolute Gasteiger partial charge is 0.436 e. The molecular formula is C32H39F3N6O7. The van der Waals surface area contributed by atoms with Crippen molar-refractivity contribution in [2.45, 2.75) is 64.7 Å². The van der Waals surface area contributed by atoms with E-state index in [1.807, 2.05) is 13.8 Å². The summed E-state index contributed by atoms with van der Waals surface area (Å²) in [6, 6.07) is 4.36. The Kier molecular flexibility index (Phi) is 11.2. The van der Waals surface area contributed by atoms with Crippen molar-refractivity contribution in [2.24, 2.45) is 18.9 Å². The van der Waals surface area contributed by atoms with Crippen LogP contribution >= 0.6 is 0 Å². The van der Waals surface area contributed by atoms with Gasteiger partial charge in [-0.3, -0.25) is 23.9 Å². The summed E-state index contributed by atoms with van der Waals surface area (Å²) >= 11 is 0. The van der Waals surface area contributed by atoms with E-state index in [9.17, 15) is 37.1 Å². The number of Topliss-reactive ketones (excluding diaryl/α,β-unsaturated/α-hetero) is 1. The third-order valence-corrected chi connectivity index (χ3v) is 8.19. The molecule has 2 aromatic heterocycles. The molecule has 3 atom stereocenters. The van der Waals surface area contributed by atoms with E-state index >= 15 is 0 Å². The van der Waals surface area contributed by atoms with Gasteiger partial charge in [0.15, 0.2) is 18.1 Å². The summed E-state index contributed by atoms with van der Waals surface area (Å²) < 4.78 is 51.9. The topological polar surface area (TPSA) is 174 Å². The van der Waals surface area contributed by atoms with E-state index in [2.05, 4.69) is 26.0 Å². The van der Waals surface area contributed by atoms with Crippen LogP contribution in [0.3, 0.4) is 0 Å². The number of nitrogens with zero attached hydrogens (tertiary/aromatic N) is 2. The zero-order chi connectivity index (χ0) is 35.3. The highest BCUT2D eigenvalue weighted by Crippen LogP contribution is 2.33. The number of methoxy groups -OCH3 is 1. The fraction of sp³-hybridized carbons (Fsp3) is 0.500. The number of aryl methyl sites for hydroxylation is 1. The fourth-order valence-corrected chi connectivity index (χ4v) is 5.62. The molecule has 1 aliphatic rings. The van der Waals surface area contributed by atoms with Gasteiger partial charge in [0.2, 0.25) is 11.8 Å². The number of rotatable bonds is 13. The van der Waals surface area contributed by atoms with Gasteiger partial charge in [-0.25, -0.2) is 4.79 Å². The third-order valence-electron chi connectivity index (χ3n) is 8.19. The molecule has 1 aliphatic heterocycles. The number of halogens is 3. The van der Waals surface area contributed by atoms with Crippen LogP contribution in [0.25, 0.3) is 10.9 Å². The number of amides is 3. The molecular weight excluding hydrogens is 637 g/mol. The molecule has 3 aromatic rings. The van der Waals surface area contributed by atoms with Crippen molar-refractivity contribution in [3.63, 3.8) is 0 Å². The molecule has 3 heterocycles. The van der Waals surface area contributed by atoms with Crippen molar-refractivity contribution in [1.29, 1.82) is 0 Å². The van der Waals surface area contributed by atoms with E-state index in [1.165, 1.54) is 21.1 Å². The molecule has 0 unspecified atom stereocenters. The lowest BCUT2D eigenvalue weighted by Gasteiger charge is -2.28. The number of fused-ring (bicyclic) bond motifs is 1. The zero-order valence-corrected chi connectivity index (χ0v) is 27.2. The highest BCUT2D eigenvalue weighted by Gasteiger charge is 2.41. The summed E-state index contributed by atoms with van der Waals surface area (Å²) in [5, 5.41) is 12.0. The maximum atomic E-state index is 13.7. The largest absolute Gasteiger partial charge is 0.496 e. The standard InChI is InChI=1S/C32H39F3N6O7/c1-16(2)12-22(39-30(45)23-14-19-20(37-23)9-6-10-25(19)47-5)29(44)38-21(13-18-8-7-11-36-28(18)43)24(42)15-48-31(46)26-17(3)41(4)40-27(26)32(33,34)35/h6,9-10,14,16,18,21-22,37H,7-8,11-13,15H2,1-5H3,(H,36,43)(H,38,44)(H,39,45)/t18-,21-,22-/m0/s1. The number of esters is 1. The Bertz CT molecular complexity index is 1700. The number of H-pyrrole nitrogens is 1. The highest BCUT2D eigenvalue weighted by molar-refractivity contribution is 6.02. The Hall–Kier alpha value is -4.89. The van der Waals surface area contributed by atoms with Gasteiger partial charge in [0.05, 0.1) is 18.8 Å². The van der Waals surface area contributed by atoms with E-state index in [-0.39, 0.29) is 36.1 Å². The summed E-state index contributed by atoms with van der Waals surface area (Å²) in [5.41, 5.74) is -1.61. The first-order chi connectivity index (χ1) is 22.6. The third kappa shape index (κ3) is 8.33. The minimum Gasteiger partial charge on any atom is -0.496 e. The number of ether oxygens (including phenoxy) is 2. The number of carbonyl (C=O) groups excluding carboxylic acids is 5. The fourth-order valence-electron chi connectivity index (χ4n) is 5.62. The Morgan fingerprint density at radius 3 is 2.52 bits per heavy atom. The number of piperidine rings is 1. The van der Waals surface area contributed by atoms with Crippen LogP contribution in [0.5, 0.6) is 5.75 Å². The summed E-state index contributed by atoms with van der Waals surface area (Å²) in [6.45, 7) is 4.39. The van der Waals surface area contributed by atoms with Gasteiger partial charge in [-0.1, -0.05) is 19.9 Å². The number of hydrogen-bond acceptors (Lipinski definition) is 8. The van der Waals surface area contributed by atoms with Crippen molar-refractivity contribution < 1.29 is 46.6 Å². The van der Waals surface area contributed by atoms with Crippen LogP contribution in [0, 0.1) is 18.8 Å². The lowest BCUT2D eigenvalue weighted by Crippen LogP contribution is -2.54. The molecule has 0 bridgehead atoms. The molecule has 0 aliphatic carbocycles. The van der Waals surface area contributed by atoms with Gasteiger partial charge >= 0.3 is 12.1 Å². The van der Waals surface area contributed by atoms with Crippen molar-refractivity contribution in [3.8, 4) is 5.75 Å². The number of aromatic nitrogens is 3. The van der Waals surface area contributed by atoms with Crippen LogP contribution in [-0.2, 0) is 32.3 Å². The first-order valence-corrected chi connectivity index (χ1v) is 15.5. The number of hydrogen-bond donors (Lipinski definition) is 4. The summed E-state index contributed by atoms with van der Waals surface area (Å²) in [4.78, 5) is 68.8.